The molecule has 4 rings (SSSR count). The van der Waals surface area contributed by atoms with Crippen LogP contribution in [0.4, 0.5) is 11.8 Å². The van der Waals surface area contributed by atoms with Crippen molar-refractivity contribution >= 4 is 22.7 Å². The molecule has 1 aliphatic rings. The maximum Gasteiger partial charge on any atom is 0.222 e. The van der Waals surface area contributed by atoms with Crippen molar-refractivity contribution in [2.45, 2.75) is 19.3 Å². The number of nitrogens with two attached hydrogens (primary N) is 1. The first-order valence-electron chi connectivity index (χ1n) is 10.5. The van der Waals surface area contributed by atoms with Crippen LogP contribution in [0.3, 0.4) is 0 Å². The molecule has 158 valence electrons. The Kier molecular flexibility index (Phi) is 6.18. The lowest BCUT2D eigenvalue weighted by atomic mass is 10.00. The van der Waals surface area contributed by atoms with E-state index in [1.54, 1.807) is 7.11 Å². The van der Waals surface area contributed by atoms with Gasteiger partial charge < -0.3 is 25.4 Å². The van der Waals surface area contributed by atoms with Crippen LogP contribution in [0.2, 0.25) is 0 Å². The van der Waals surface area contributed by atoms with Crippen molar-refractivity contribution in [1.82, 2.24) is 14.9 Å². The molecule has 3 N–H and O–H groups in total. The van der Waals surface area contributed by atoms with Crippen molar-refractivity contribution < 1.29 is 9.47 Å². The summed E-state index contributed by atoms with van der Waals surface area (Å²) < 4.78 is 11.6. The number of anilines is 2. The molecule has 1 fully saturated rings. The first kappa shape index (κ1) is 20.2. The van der Waals surface area contributed by atoms with Crippen LogP contribution in [0.15, 0.2) is 36.4 Å². The number of methoxy groups -OCH3 is 1. The third-order valence-electron chi connectivity index (χ3n) is 5.53. The molecule has 0 radical (unpaired) electrons. The van der Waals surface area contributed by atoms with E-state index < -0.39 is 0 Å². The minimum Gasteiger partial charge on any atom is -0.493 e. The van der Waals surface area contributed by atoms with E-state index in [4.69, 9.17) is 15.2 Å². The Bertz CT molecular complexity index is 1020. The van der Waals surface area contributed by atoms with Gasteiger partial charge in [-0.3, -0.25) is 0 Å². The third-order valence-corrected chi connectivity index (χ3v) is 5.53. The van der Waals surface area contributed by atoms with Crippen LogP contribution >= 0.6 is 0 Å². The summed E-state index contributed by atoms with van der Waals surface area (Å²) in [6, 6.07) is 12.0. The molecule has 7 heteroatoms. The second-order valence-electron chi connectivity index (χ2n) is 7.50. The maximum absolute atomic E-state index is 6.12. The minimum atomic E-state index is 0.251. The Morgan fingerprint density at radius 3 is 2.70 bits per heavy atom. The summed E-state index contributed by atoms with van der Waals surface area (Å²) in [5.74, 6) is 2.43. The molecule has 2 aromatic carbocycles. The Morgan fingerprint density at radius 1 is 1.10 bits per heavy atom. The van der Waals surface area contributed by atoms with Gasteiger partial charge in [-0.25, -0.2) is 4.98 Å². The molecule has 0 aliphatic carbocycles. The molecular formula is C23H29N5O2. The van der Waals surface area contributed by atoms with Gasteiger partial charge in [-0.1, -0.05) is 18.2 Å². The van der Waals surface area contributed by atoms with Crippen LogP contribution in [0.1, 0.15) is 19.3 Å². The van der Waals surface area contributed by atoms with Gasteiger partial charge in [0.25, 0.3) is 0 Å². The predicted octanol–water partition coefficient (Wildman–Crippen LogP) is 3.79. The maximum atomic E-state index is 6.12. The van der Waals surface area contributed by atoms with Crippen molar-refractivity contribution in [2.75, 3.05) is 51.4 Å². The summed E-state index contributed by atoms with van der Waals surface area (Å²) in [5.41, 5.74) is 8.69. The quantitative estimate of drug-likeness (QED) is 0.550. The van der Waals surface area contributed by atoms with E-state index in [9.17, 15) is 0 Å². The minimum absolute atomic E-state index is 0.251. The van der Waals surface area contributed by atoms with Crippen LogP contribution in [-0.2, 0) is 0 Å². The molecule has 0 atom stereocenters. The number of benzene rings is 2. The van der Waals surface area contributed by atoms with Gasteiger partial charge in [0.05, 0.1) is 24.6 Å². The Hall–Kier alpha value is -3.06. The topological polar surface area (TPSA) is 85.5 Å². The number of rotatable bonds is 8. The zero-order chi connectivity index (χ0) is 20.9. The number of likely N-dealkylation sites (tertiary alicyclic amines) is 1. The number of hydrogen-bond acceptors (Lipinski definition) is 7. The first-order valence-corrected chi connectivity index (χ1v) is 10.5. The molecule has 1 aromatic heterocycles. The molecule has 7 nitrogen and oxygen atoms in total. The summed E-state index contributed by atoms with van der Waals surface area (Å²) in [6.45, 7) is 4.16. The van der Waals surface area contributed by atoms with Crippen molar-refractivity contribution in [3.05, 3.63) is 36.4 Å². The van der Waals surface area contributed by atoms with Gasteiger partial charge in [-0.05, 0) is 61.7 Å². The van der Waals surface area contributed by atoms with Crippen molar-refractivity contribution in [1.29, 1.82) is 0 Å². The molecule has 0 bridgehead atoms. The highest BCUT2D eigenvalue weighted by Crippen LogP contribution is 2.37. The van der Waals surface area contributed by atoms with Crippen molar-refractivity contribution in [3.8, 4) is 22.6 Å². The van der Waals surface area contributed by atoms with Crippen LogP contribution < -0.4 is 20.5 Å². The van der Waals surface area contributed by atoms with Crippen LogP contribution in [0.25, 0.3) is 22.0 Å². The fraction of sp³-hybridized carbons (Fsp3) is 0.391. The normalized spacial score (nSPS) is 14.2. The third kappa shape index (κ3) is 4.26. The Morgan fingerprint density at radius 2 is 1.93 bits per heavy atom. The number of fused-ring (bicyclic) bond motifs is 1. The van der Waals surface area contributed by atoms with Gasteiger partial charge in [0.2, 0.25) is 5.95 Å². The molecule has 0 unspecified atom stereocenters. The SMILES string of the molecule is CNc1nc(N)nc2cccc(-c3ccc(OC)c(OCCCN4CCCC4)c3)c12. The summed E-state index contributed by atoms with van der Waals surface area (Å²) in [6.07, 6.45) is 3.62. The fourth-order valence-corrected chi connectivity index (χ4v) is 4.06. The highest BCUT2D eigenvalue weighted by molar-refractivity contribution is 6.02. The van der Waals surface area contributed by atoms with Gasteiger partial charge in [0.15, 0.2) is 11.5 Å². The van der Waals surface area contributed by atoms with E-state index in [2.05, 4.69) is 26.3 Å². The molecule has 1 aliphatic heterocycles. The lowest BCUT2D eigenvalue weighted by Gasteiger charge is -2.16. The van der Waals surface area contributed by atoms with E-state index in [1.165, 1.54) is 25.9 Å². The highest BCUT2D eigenvalue weighted by atomic mass is 16.5. The first-order chi connectivity index (χ1) is 14.7. The Balaban J connectivity index is 1.61. The number of hydrogen-bond donors (Lipinski definition) is 2. The van der Waals surface area contributed by atoms with Crippen LogP contribution in [-0.4, -0.2) is 55.3 Å². The van der Waals surface area contributed by atoms with E-state index in [0.717, 1.165) is 46.5 Å². The lowest BCUT2D eigenvalue weighted by molar-refractivity contribution is 0.254. The van der Waals surface area contributed by atoms with Gasteiger partial charge >= 0.3 is 0 Å². The summed E-state index contributed by atoms with van der Waals surface area (Å²) in [4.78, 5) is 11.2. The number of nitrogens with zero attached hydrogens (tertiary/aromatic N) is 3. The Labute approximate surface area is 177 Å². The second kappa shape index (κ2) is 9.17. The summed E-state index contributed by atoms with van der Waals surface area (Å²) in [7, 11) is 3.50. The van der Waals surface area contributed by atoms with E-state index in [1.807, 2.05) is 37.4 Å². The zero-order valence-electron chi connectivity index (χ0n) is 17.6. The van der Waals surface area contributed by atoms with Crippen molar-refractivity contribution in [2.24, 2.45) is 0 Å². The average molecular weight is 408 g/mol. The van der Waals surface area contributed by atoms with E-state index >= 15 is 0 Å². The second-order valence-corrected chi connectivity index (χ2v) is 7.50. The van der Waals surface area contributed by atoms with Crippen LogP contribution in [0.5, 0.6) is 11.5 Å². The van der Waals surface area contributed by atoms with Gasteiger partial charge in [-0.15, -0.1) is 0 Å². The van der Waals surface area contributed by atoms with Crippen LogP contribution in [0, 0.1) is 0 Å². The lowest BCUT2D eigenvalue weighted by Crippen LogP contribution is -2.21. The molecule has 30 heavy (non-hydrogen) atoms. The predicted molar refractivity (Wildman–Crippen MR) is 121 cm³/mol. The molecule has 0 amide bonds. The summed E-state index contributed by atoms with van der Waals surface area (Å²) in [5, 5.41) is 4.06. The number of nitrogen functional groups attached to an aromatic ring is 1. The van der Waals surface area contributed by atoms with E-state index in [-0.39, 0.29) is 5.95 Å². The van der Waals surface area contributed by atoms with Gasteiger partial charge in [0, 0.05) is 13.6 Å². The van der Waals surface area contributed by atoms with E-state index in [0.29, 0.717) is 12.4 Å². The fourth-order valence-electron chi connectivity index (χ4n) is 4.06. The number of aromatic nitrogens is 2. The number of ether oxygens (including phenoxy) is 2. The monoisotopic (exact) mass is 407 g/mol. The largest absolute Gasteiger partial charge is 0.493 e. The molecular weight excluding hydrogens is 378 g/mol. The van der Waals surface area contributed by atoms with Gasteiger partial charge in [0.1, 0.15) is 5.82 Å². The molecule has 3 aromatic rings. The molecule has 0 spiro atoms. The molecule has 1 saturated heterocycles. The van der Waals surface area contributed by atoms with Crippen molar-refractivity contribution in [3.63, 3.8) is 0 Å². The number of nitrogens with one attached hydrogen (secondary N) is 1. The standard InChI is InChI=1S/C23H29N5O2/c1-25-22-21-17(7-5-8-18(21)26-23(24)27-22)16-9-10-19(29-2)20(15-16)30-14-6-13-28-11-3-4-12-28/h5,7-10,15H,3-4,6,11-14H2,1-2H3,(H3,24,25,26,27). The zero-order valence-corrected chi connectivity index (χ0v) is 17.6. The highest BCUT2D eigenvalue weighted by Gasteiger charge is 2.15. The molecule has 2 heterocycles. The summed E-state index contributed by atoms with van der Waals surface area (Å²) >= 11 is 0. The average Bonchev–Trinajstić information content (AvgIpc) is 3.29. The smallest absolute Gasteiger partial charge is 0.222 e. The molecule has 0 saturated carbocycles. The van der Waals surface area contributed by atoms with Gasteiger partial charge in [-0.2, -0.15) is 4.98 Å².